The number of hydrogen-bond acceptors (Lipinski definition) is 4. The SMILES string of the molecule is CCCNC(Cc1nc(C)cs1)c1ncccc1Br. The lowest BCUT2D eigenvalue weighted by Crippen LogP contribution is -2.25. The summed E-state index contributed by atoms with van der Waals surface area (Å²) in [6.45, 7) is 5.19. The molecular formula is C14H18BrN3S. The van der Waals surface area contributed by atoms with Crippen molar-refractivity contribution < 1.29 is 0 Å². The minimum absolute atomic E-state index is 0.209. The Morgan fingerprint density at radius 2 is 2.32 bits per heavy atom. The molecule has 3 nitrogen and oxygen atoms in total. The lowest BCUT2D eigenvalue weighted by molar-refractivity contribution is 0.515. The topological polar surface area (TPSA) is 37.8 Å². The second-order valence-corrected chi connectivity index (χ2v) is 6.26. The highest BCUT2D eigenvalue weighted by Crippen LogP contribution is 2.25. The molecule has 0 saturated heterocycles. The van der Waals surface area contributed by atoms with Crippen LogP contribution in [0.25, 0.3) is 0 Å². The van der Waals surface area contributed by atoms with Crippen LogP contribution in [0.15, 0.2) is 28.2 Å². The summed E-state index contributed by atoms with van der Waals surface area (Å²) >= 11 is 5.31. The maximum atomic E-state index is 4.55. The van der Waals surface area contributed by atoms with Crippen LogP contribution in [-0.4, -0.2) is 16.5 Å². The van der Waals surface area contributed by atoms with E-state index in [4.69, 9.17) is 0 Å². The van der Waals surface area contributed by atoms with Crippen molar-refractivity contribution >= 4 is 27.3 Å². The summed E-state index contributed by atoms with van der Waals surface area (Å²) in [4.78, 5) is 9.05. The number of aryl methyl sites for hydroxylation is 1. The molecule has 5 heteroatoms. The molecule has 0 amide bonds. The number of aromatic nitrogens is 2. The first-order valence-electron chi connectivity index (χ1n) is 6.45. The molecule has 1 unspecified atom stereocenters. The van der Waals surface area contributed by atoms with Crippen LogP contribution in [0.1, 0.15) is 35.8 Å². The predicted molar refractivity (Wildman–Crippen MR) is 83.5 cm³/mol. The molecule has 2 aromatic rings. The summed E-state index contributed by atoms with van der Waals surface area (Å²) < 4.78 is 1.05. The predicted octanol–water partition coefficient (Wildman–Crippen LogP) is 3.89. The molecule has 0 aromatic carbocycles. The normalized spacial score (nSPS) is 12.6. The van der Waals surface area contributed by atoms with Gasteiger partial charge in [0.1, 0.15) is 0 Å². The molecule has 0 saturated carbocycles. The van der Waals surface area contributed by atoms with E-state index in [-0.39, 0.29) is 6.04 Å². The largest absolute Gasteiger partial charge is 0.308 e. The van der Waals surface area contributed by atoms with Gasteiger partial charge in [-0.2, -0.15) is 0 Å². The third-order valence-corrected chi connectivity index (χ3v) is 4.46. The van der Waals surface area contributed by atoms with Crippen LogP contribution in [0, 0.1) is 6.92 Å². The molecule has 0 radical (unpaired) electrons. The number of nitrogens with zero attached hydrogens (tertiary/aromatic N) is 2. The van der Waals surface area contributed by atoms with Gasteiger partial charge in [-0.25, -0.2) is 4.98 Å². The second-order valence-electron chi connectivity index (χ2n) is 4.46. The van der Waals surface area contributed by atoms with Gasteiger partial charge in [-0.3, -0.25) is 4.98 Å². The number of hydrogen-bond donors (Lipinski definition) is 1. The highest BCUT2D eigenvalue weighted by atomic mass is 79.9. The lowest BCUT2D eigenvalue weighted by Gasteiger charge is -2.18. The van der Waals surface area contributed by atoms with Crippen molar-refractivity contribution in [3.63, 3.8) is 0 Å². The van der Waals surface area contributed by atoms with Crippen molar-refractivity contribution in [1.82, 2.24) is 15.3 Å². The van der Waals surface area contributed by atoms with Gasteiger partial charge in [0.25, 0.3) is 0 Å². The van der Waals surface area contributed by atoms with E-state index in [9.17, 15) is 0 Å². The van der Waals surface area contributed by atoms with E-state index in [1.165, 1.54) is 0 Å². The lowest BCUT2D eigenvalue weighted by atomic mass is 10.1. The Bertz CT molecular complexity index is 527. The van der Waals surface area contributed by atoms with Crippen LogP contribution in [0.5, 0.6) is 0 Å². The summed E-state index contributed by atoms with van der Waals surface area (Å²) in [6.07, 6.45) is 3.83. The number of nitrogens with one attached hydrogen (secondary N) is 1. The van der Waals surface area contributed by atoms with Gasteiger partial charge in [-0.15, -0.1) is 11.3 Å². The Labute approximate surface area is 126 Å². The fourth-order valence-electron chi connectivity index (χ4n) is 1.91. The molecule has 0 aliphatic rings. The van der Waals surface area contributed by atoms with Crippen molar-refractivity contribution in [2.75, 3.05) is 6.54 Å². The molecule has 0 spiro atoms. The maximum absolute atomic E-state index is 4.55. The minimum Gasteiger partial charge on any atom is -0.308 e. The van der Waals surface area contributed by atoms with Gasteiger partial charge in [-0.1, -0.05) is 6.92 Å². The van der Waals surface area contributed by atoms with E-state index in [1.54, 1.807) is 11.3 Å². The molecule has 2 heterocycles. The Kier molecular flexibility index (Phi) is 5.48. The number of pyridine rings is 1. The smallest absolute Gasteiger partial charge is 0.0947 e. The Hall–Kier alpha value is -0.780. The summed E-state index contributed by atoms with van der Waals surface area (Å²) in [7, 11) is 0. The third kappa shape index (κ3) is 4.09. The summed E-state index contributed by atoms with van der Waals surface area (Å²) in [5.74, 6) is 0. The first-order chi connectivity index (χ1) is 9.20. The van der Waals surface area contributed by atoms with E-state index in [0.29, 0.717) is 0 Å². The zero-order valence-electron chi connectivity index (χ0n) is 11.2. The average Bonchev–Trinajstić information content (AvgIpc) is 2.81. The summed E-state index contributed by atoms with van der Waals surface area (Å²) in [6, 6.07) is 4.19. The maximum Gasteiger partial charge on any atom is 0.0947 e. The zero-order chi connectivity index (χ0) is 13.7. The van der Waals surface area contributed by atoms with Crippen LogP contribution in [0.4, 0.5) is 0 Å². The molecule has 19 heavy (non-hydrogen) atoms. The average molecular weight is 340 g/mol. The molecule has 2 rings (SSSR count). The minimum atomic E-state index is 0.209. The Morgan fingerprint density at radius 3 is 2.95 bits per heavy atom. The van der Waals surface area contributed by atoms with Crippen molar-refractivity contribution in [2.45, 2.75) is 32.7 Å². The van der Waals surface area contributed by atoms with Crippen molar-refractivity contribution in [3.8, 4) is 0 Å². The molecule has 0 aliphatic heterocycles. The molecule has 0 fully saturated rings. The van der Waals surface area contributed by atoms with Gasteiger partial charge < -0.3 is 5.32 Å². The fourth-order valence-corrected chi connectivity index (χ4v) is 3.26. The van der Waals surface area contributed by atoms with Crippen LogP contribution >= 0.6 is 27.3 Å². The van der Waals surface area contributed by atoms with Gasteiger partial charge in [0, 0.05) is 28.2 Å². The first kappa shape index (κ1) is 14.6. The van der Waals surface area contributed by atoms with Gasteiger partial charge in [0.05, 0.1) is 16.7 Å². The summed E-state index contributed by atoms with van der Waals surface area (Å²) in [5.41, 5.74) is 2.15. The monoisotopic (exact) mass is 339 g/mol. The highest BCUT2D eigenvalue weighted by Gasteiger charge is 2.17. The molecule has 0 bridgehead atoms. The van der Waals surface area contributed by atoms with Crippen molar-refractivity contribution in [1.29, 1.82) is 0 Å². The molecule has 1 atom stereocenters. The number of halogens is 1. The number of thiazole rings is 1. The van der Waals surface area contributed by atoms with Gasteiger partial charge >= 0.3 is 0 Å². The second kappa shape index (κ2) is 7.12. The van der Waals surface area contributed by atoms with E-state index < -0.39 is 0 Å². The van der Waals surface area contributed by atoms with Crippen LogP contribution in [0.2, 0.25) is 0 Å². The molecule has 2 aromatic heterocycles. The van der Waals surface area contributed by atoms with Gasteiger partial charge in [-0.05, 0) is 48.0 Å². The van der Waals surface area contributed by atoms with E-state index in [2.05, 4.69) is 43.5 Å². The third-order valence-electron chi connectivity index (χ3n) is 2.80. The standard InChI is InChI=1S/C14H18BrN3S/c1-3-6-16-12(8-13-18-10(2)9-19-13)14-11(15)5-4-7-17-14/h4-5,7,9,12,16H,3,6,8H2,1-2H3. The number of rotatable bonds is 6. The van der Waals surface area contributed by atoms with Crippen molar-refractivity contribution in [2.24, 2.45) is 0 Å². The Balaban J connectivity index is 2.18. The molecule has 0 aliphatic carbocycles. The van der Waals surface area contributed by atoms with E-state index in [0.717, 1.165) is 40.3 Å². The van der Waals surface area contributed by atoms with Crippen LogP contribution in [-0.2, 0) is 6.42 Å². The van der Waals surface area contributed by atoms with E-state index in [1.807, 2.05) is 25.3 Å². The highest BCUT2D eigenvalue weighted by molar-refractivity contribution is 9.10. The molecular weight excluding hydrogens is 322 g/mol. The van der Waals surface area contributed by atoms with Gasteiger partial charge in [0.15, 0.2) is 0 Å². The quantitative estimate of drug-likeness (QED) is 0.867. The van der Waals surface area contributed by atoms with Crippen LogP contribution < -0.4 is 5.32 Å². The fraction of sp³-hybridized carbons (Fsp3) is 0.429. The molecule has 102 valence electrons. The summed E-state index contributed by atoms with van der Waals surface area (Å²) in [5, 5.41) is 6.81. The zero-order valence-corrected chi connectivity index (χ0v) is 13.6. The Morgan fingerprint density at radius 1 is 1.47 bits per heavy atom. The van der Waals surface area contributed by atoms with Crippen molar-refractivity contribution in [3.05, 3.63) is 44.6 Å². The molecule has 1 N–H and O–H groups in total. The van der Waals surface area contributed by atoms with Gasteiger partial charge in [0.2, 0.25) is 0 Å². The van der Waals surface area contributed by atoms with Crippen LogP contribution in [0.3, 0.4) is 0 Å². The van der Waals surface area contributed by atoms with E-state index >= 15 is 0 Å². The first-order valence-corrected chi connectivity index (χ1v) is 8.12.